The second-order valence-corrected chi connectivity index (χ2v) is 4.71. The van der Waals surface area contributed by atoms with Crippen LogP contribution in [0.4, 0.5) is 0 Å². The van der Waals surface area contributed by atoms with E-state index in [-0.39, 0.29) is 0 Å². The summed E-state index contributed by atoms with van der Waals surface area (Å²) in [6.45, 7) is 10.9. The van der Waals surface area contributed by atoms with Gasteiger partial charge in [0.05, 0.1) is 6.20 Å². The average molecular weight is 223 g/mol. The summed E-state index contributed by atoms with van der Waals surface area (Å²) in [4.78, 5) is 0. The first-order valence-corrected chi connectivity index (χ1v) is 6.42. The summed E-state index contributed by atoms with van der Waals surface area (Å²) < 4.78 is 1.99. The molecule has 92 valence electrons. The van der Waals surface area contributed by atoms with Crippen LogP contribution in [0.5, 0.6) is 0 Å². The SMILES string of the molecule is CCCNC(Cc1cnn(CC)c1)C(C)C. The lowest BCUT2D eigenvalue weighted by molar-refractivity contribution is 0.397. The zero-order chi connectivity index (χ0) is 12.0. The lowest BCUT2D eigenvalue weighted by atomic mass is 9.98. The predicted molar refractivity (Wildman–Crippen MR) is 68.5 cm³/mol. The maximum atomic E-state index is 4.32. The number of nitrogens with one attached hydrogen (secondary N) is 1. The number of rotatable bonds is 7. The summed E-state index contributed by atoms with van der Waals surface area (Å²) in [6.07, 6.45) is 6.42. The highest BCUT2D eigenvalue weighted by Crippen LogP contribution is 2.10. The lowest BCUT2D eigenvalue weighted by Gasteiger charge is -2.21. The van der Waals surface area contributed by atoms with Gasteiger partial charge >= 0.3 is 0 Å². The Morgan fingerprint density at radius 1 is 1.38 bits per heavy atom. The molecular weight excluding hydrogens is 198 g/mol. The van der Waals surface area contributed by atoms with E-state index in [0.717, 1.165) is 19.5 Å². The Hall–Kier alpha value is -0.830. The molecule has 0 saturated heterocycles. The van der Waals surface area contributed by atoms with E-state index in [2.05, 4.69) is 44.3 Å². The Balaban J connectivity index is 2.53. The number of aromatic nitrogens is 2. The van der Waals surface area contributed by atoms with Crippen molar-refractivity contribution in [3.8, 4) is 0 Å². The minimum Gasteiger partial charge on any atom is -0.313 e. The van der Waals surface area contributed by atoms with Crippen molar-refractivity contribution in [1.82, 2.24) is 15.1 Å². The fourth-order valence-corrected chi connectivity index (χ4v) is 1.81. The van der Waals surface area contributed by atoms with Gasteiger partial charge in [-0.2, -0.15) is 5.10 Å². The second-order valence-electron chi connectivity index (χ2n) is 4.71. The van der Waals surface area contributed by atoms with Crippen molar-refractivity contribution in [2.75, 3.05) is 6.54 Å². The molecule has 1 aromatic rings. The number of aryl methyl sites for hydroxylation is 1. The summed E-state index contributed by atoms with van der Waals surface area (Å²) in [6, 6.07) is 0.564. The van der Waals surface area contributed by atoms with Gasteiger partial charge in [0.1, 0.15) is 0 Å². The van der Waals surface area contributed by atoms with Gasteiger partial charge in [-0.25, -0.2) is 0 Å². The Labute approximate surface area is 99.2 Å². The largest absolute Gasteiger partial charge is 0.313 e. The third kappa shape index (κ3) is 3.97. The van der Waals surface area contributed by atoms with Gasteiger partial charge in [-0.1, -0.05) is 20.8 Å². The normalized spacial score (nSPS) is 13.3. The summed E-state index contributed by atoms with van der Waals surface area (Å²) in [7, 11) is 0. The maximum absolute atomic E-state index is 4.32. The molecule has 1 heterocycles. The van der Waals surface area contributed by atoms with Gasteiger partial charge in [0, 0.05) is 18.8 Å². The van der Waals surface area contributed by atoms with Crippen LogP contribution in [0.1, 0.15) is 39.7 Å². The van der Waals surface area contributed by atoms with Crippen LogP contribution in [0.15, 0.2) is 12.4 Å². The molecule has 0 saturated carbocycles. The van der Waals surface area contributed by atoms with Crippen LogP contribution in [0.3, 0.4) is 0 Å². The summed E-state index contributed by atoms with van der Waals surface area (Å²) in [5.41, 5.74) is 1.34. The molecule has 0 aliphatic heterocycles. The lowest BCUT2D eigenvalue weighted by Crippen LogP contribution is -2.36. The van der Waals surface area contributed by atoms with Crippen molar-refractivity contribution >= 4 is 0 Å². The topological polar surface area (TPSA) is 29.9 Å². The number of hydrogen-bond acceptors (Lipinski definition) is 2. The van der Waals surface area contributed by atoms with E-state index in [1.54, 1.807) is 0 Å². The van der Waals surface area contributed by atoms with Gasteiger partial charge < -0.3 is 5.32 Å². The van der Waals surface area contributed by atoms with Gasteiger partial charge in [-0.05, 0) is 37.8 Å². The van der Waals surface area contributed by atoms with Crippen LogP contribution in [0, 0.1) is 5.92 Å². The molecule has 1 atom stereocenters. The molecule has 3 nitrogen and oxygen atoms in total. The Morgan fingerprint density at radius 2 is 2.12 bits per heavy atom. The van der Waals surface area contributed by atoms with Crippen LogP contribution >= 0.6 is 0 Å². The third-order valence-electron chi connectivity index (χ3n) is 2.93. The molecule has 0 bridgehead atoms. The van der Waals surface area contributed by atoms with Gasteiger partial charge in [0.2, 0.25) is 0 Å². The summed E-state index contributed by atoms with van der Waals surface area (Å²) >= 11 is 0. The van der Waals surface area contributed by atoms with Crippen molar-refractivity contribution in [3.05, 3.63) is 18.0 Å². The quantitative estimate of drug-likeness (QED) is 0.769. The van der Waals surface area contributed by atoms with Crippen molar-refractivity contribution in [2.45, 2.75) is 53.1 Å². The molecule has 0 amide bonds. The molecular formula is C13H25N3. The molecule has 16 heavy (non-hydrogen) atoms. The fraction of sp³-hybridized carbons (Fsp3) is 0.769. The van der Waals surface area contributed by atoms with Crippen LogP contribution in [-0.4, -0.2) is 22.4 Å². The highest BCUT2D eigenvalue weighted by atomic mass is 15.3. The van der Waals surface area contributed by atoms with Crippen LogP contribution in [0.25, 0.3) is 0 Å². The Morgan fingerprint density at radius 3 is 2.62 bits per heavy atom. The highest BCUT2D eigenvalue weighted by Gasteiger charge is 2.13. The third-order valence-corrected chi connectivity index (χ3v) is 2.93. The molecule has 1 N–H and O–H groups in total. The molecule has 0 radical (unpaired) electrons. The van der Waals surface area contributed by atoms with Gasteiger partial charge in [0.15, 0.2) is 0 Å². The van der Waals surface area contributed by atoms with E-state index in [4.69, 9.17) is 0 Å². The average Bonchev–Trinajstić information content (AvgIpc) is 2.71. The van der Waals surface area contributed by atoms with Gasteiger partial charge in [-0.3, -0.25) is 4.68 Å². The van der Waals surface area contributed by atoms with E-state index in [1.165, 1.54) is 12.0 Å². The zero-order valence-corrected chi connectivity index (χ0v) is 11.0. The molecule has 0 spiro atoms. The smallest absolute Gasteiger partial charge is 0.0522 e. The Kier molecular flexibility index (Phi) is 5.53. The van der Waals surface area contributed by atoms with E-state index in [0.29, 0.717) is 12.0 Å². The first-order chi connectivity index (χ1) is 7.67. The van der Waals surface area contributed by atoms with Crippen molar-refractivity contribution in [3.63, 3.8) is 0 Å². The van der Waals surface area contributed by atoms with Gasteiger partial charge in [-0.15, -0.1) is 0 Å². The van der Waals surface area contributed by atoms with Crippen LogP contribution in [0.2, 0.25) is 0 Å². The minimum absolute atomic E-state index is 0.564. The molecule has 0 fully saturated rings. The molecule has 0 aliphatic carbocycles. The van der Waals surface area contributed by atoms with Crippen molar-refractivity contribution < 1.29 is 0 Å². The standard InChI is InChI=1S/C13H25N3/c1-5-7-14-13(11(3)4)8-12-9-15-16(6-2)10-12/h9-11,13-14H,5-8H2,1-4H3. The molecule has 1 unspecified atom stereocenters. The molecule has 0 aromatic carbocycles. The zero-order valence-electron chi connectivity index (χ0n) is 11.0. The van der Waals surface area contributed by atoms with Crippen LogP contribution < -0.4 is 5.32 Å². The molecule has 0 aliphatic rings. The van der Waals surface area contributed by atoms with E-state index in [1.807, 2.05) is 10.9 Å². The maximum Gasteiger partial charge on any atom is 0.0522 e. The summed E-state index contributed by atoms with van der Waals surface area (Å²) in [5, 5.41) is 7.92. The van der Waals surface area contributed by atoms with E-state index in [9.17, 15) is 0 Å². The first-order valence-electron chi connectivity index (χ1n) is 6.42. The minimum atomic E-state index is 0.564. The number of nitrogens with zero attached hydrogens (tertiary/aromatic N) is 2. The first kappa shape index (κ1) is 13.2. The second kappa shape index (κ2) is 6.69. The molecule has 3 heteroatoms. The number of hydrogen-bond donors (Lipinski definition) is 1. The monoisotopic (exact) mass is 223 g/mol. The van der Waals surface area contributed by atoms with E-state index >= 15 is 0 Å². The van der Waals surface area contributed by atoms with Gasteiger partial charge in [0.25, 0.3) is 0 Å². The highest BCUT2D eigenvalue weighted by molar-refractivity contribution is 5.06. The van der Waals surface area contributed by atoms with Crippen molar-refractivity contribution in [2.24, 2.45) is 5.92 Å². The Bertz CT molecular complexity index is 291. The van der Waals surface area contributed by atoms with Crippen LogP contribution in [-0.2, 0) is 13.0 Å². The predicted octanol–water partition coefficient (Wildman–Crippen LogP) is 2.47. The molecule has 1 aromatic heterocycles. The fourth-order valence-electron chi connectivity index (χ4n) is 1.81. The summed E-state index contributed by atoms with van der Waals surface area (Å²) in [5.74, 6) is 0.663. The molecule has 1 rings (SSSR count). The van der Waals surface area contributed by atoms with Crippen molar-refractivity contribution in [1.29, 1.82) is 0 Å². The van der Waals surface area contributed by atoms with E-state index < -0.39 is 0 Å².